The van der Waals surface area contributed by atoms with E-state index < -0.39 is 4.92 Å². The third-order valence-electron chi connectivity index (χ3n) is 1.99. The molecule has 1 aliphatic rings. The summed E-state index contributed by atoms with van der Waals surface area (Å²) in [7, 11) is 0. The van der Waals surface area contributed by atoms with Gasteiger partial charge < -0.3 is 14.9 Å². The number of H-pyrrole nitrogens is 1. The van der Waals surface area contributed by atoms with Gasteiger partial charge in [-0.2, -0.15) is 0 Å². The monoisotopic (exact) mass is 183 g/mol. The molecule has 2 rings (SSSR count). The van der Waals surface area contributed by atoms with Gasteiger partial charge in [-0.25, -0.2) is 9.97 Å². The zero-order valence-electron chi connectivity index (χ0n) is 7.11. The maximum absolute atomic E-state index is 10.3. The Balaban J connectivity index is 2.09. The standard InChI is InChI=1S/C7H9N3O3/c1-7(4-13-7)2-5-8-3-6(9-5)10(11)12/h3H,2,4H2,1H3,(H,8,9)/t7-/m0/s1. The first-order chi connectivity index (χ1) is 6.09. The van der Waals surface area contributed by atoms with Gasteiger partial charge in [0.1, 0.15) is 6.20 Å². The third-order valence-corrected chi connectivity index (χ3v) is 1.99. The number of aromatic nitrogens is 2. The van der Waals surface area contributed by atoms with Crippen LogP contribution in [0.25, 0.3) is 0 Å². The van der Waals surface area contributed by atoms with Gasteiger partial charge in [0.2, 0.25) is 0 Å². The molecule has 1 aromatic rings. The SMILES string of the molecule is C[C@]1(Cc2ncc([N+](=O)[O-])[nH]2)CO1. The number of nitrogens with zero attached hydrogens (tertiary/aromatic N) is 2. The molecule has 1 N–H and O–H groups in total. The number of imidazole rings is 1. The van der Waals surface area contributed by atoms with E-state index in [2.05, 4.69) is 9.97 Å². The molecule has 1 fully saturated rings. The van der Waals surface area contributed by atoms with Crippen LogP contribution in [0.4, 0.5) is 5.82 Å². The highest BCUT2D eigenvalue weighted by molar-refractivity contribution is 5.16. The van der Waals surface area contributed by atoms with Crippen LogP contribution in [0.2, 0.25) is 0 Å². The number of hydrogen-bond donors (Lipinski definition) is 1. The van der Waals surface area contributed by atoms with E-state index in [1.807, 2.05) is 6.92 Å². The third kappa shape index (κ3) is 1.67. The van der Waals surface area contributed by atoms with Crippen molar-refractivity contribution in [3.05, 3.63) is 22.1 Å². The maximum Gasteiger partial charge on any atom is 0.340 e. The number of hydrogen-bond acceptors (Lipinski definition) is 4. The number of nitrogens with one attached hydrogen (secondary N) is 1. The van der Waals surface area contributed by atoms with Crippen molar-refractivity contribution >= 4 is 5.82 Å². The lowest BCUT2D eigenvalue weighted by Gasteiger charge is -1.96. The summed E-state index contributed by atoms with van der Waals surface area (Å²) >= 11 is 0. The molecule has 13 heavy (non-hydrogen) atoms. The predicted molar refractivity (Wildman–Crippen MR) is 43.3 cm³/mol. The fourth-order valence-electron chi connectivity index (χ4n) is 1.11. The second kappa shape index (κ2) is 2.53. The minimum Gasteiger partial charge on any atom is -0.369 e. The first kappa shape index (κ1) is 8.18. The highest BCUT2D eigenvalue weighted by atomic mass is 16.6. The van der Waals surface area contributed by atoms with E-state index in [1.54, 1.807) is 0 Å². The Bertz CT molecular complexity index is 343. The second-order valence-corrected chi connectivity index (χ2v) is 3.39. The van der Waals surface area contributed by atoms with E-state index in [0.29, 0.717) is 18.9 Å². The van der Waals surface area contributed by atoms with Crippen LogP contribution in [0.1, 0.15) is 12.7 Å². The van der Waals surface area contributed by atoms with Crippen molar-refractivity contribution in [3.63, 3.8) is 0 Å². The molecule has 6 nitrogen and oxygen atoms in total. The van der Waals surface area contributed by atoms with Crippen molar-refractivity contribution in [2.75, 3.05) is 6.61 Å². The molecule has 1 saturated heterocycles. The van der Waals surface area contributed by atoms with Gasteiger partial charge in [-0.15, -0.1) is 0 Å². The van der Waals surface area contributed by atoms with Crippen LogP contribution < -0.4 is 0 Å². The Kier molecular flexibility index (Phi) is 1.59. The normalized spacial score (nSPS) is 25.9. The van der Waals surface area contributed by atoms with Crippen molar-refractivity contribution in [2.45, 2.75) is 18.9 Å². The van der Waals surface area contributed by atoms with Crippen molar-refractivity contribution in [3.8, 4) is 0 Å². The van der Waals surface area contributed by atoms with E-state index in [-0.39, 0.29) is 11.4 Å². The summed E-state index contributed by atoms with van der Waals surface area (Å²) in [6, 6.07) is 0. The van der Waals surface area contributed by atoms with Gasteiger partial charge in [0.05, 0.1) is 18.6 Å². The molecule has 0 amide bonds. The van der Waals surface area contributed by atoms with E-state index >= 15 is 0 Å². The fourth-order valence-corrected chi connectivity index (χ4v) is 1.11. The zero-order valence-corrected chi connectivity index (χ0v) is 7.11. The molecular formula is C7H9N3O3. The van der Waals surface area contributed by atoms with Crippen LogP contribution in [0.15, 0.2) is 6.20 Å². The van der Waals surface area contributed by atoms with Crippen molar-refractivity contribution in [1.82, 2.24) is 9.97 Å². The van der Waals surface area contributed by atoms with E-state index in [9.17, 15) is 10.1 Å². The van der Waals surface area contributed by atoms with Crippen LogP contribution in [-0.4, -0.2) is 27.1 Å². The van der Waals surface area contributed by atoms with Crippen molar-refractivity contribution < 1.29 is 9.66 Å². The number of ether oxygens (including phenoxy) is 1. The van der Waals surface area contributed by atoms with Crippen molar-refractivity contribution in [1.29, 1.82) is 0 Å². The second-order valence-electron chi connectivity index (χ2n) is 3.39. The Hall–Kier alpha value is -1.43. The lowest BCUT2D eigenvalue weighted by molar-refractivity contribution is -0.389. The van der Waals surface area contributed by atoms with E-state index in [4.69, 9.17) is 4.74 Å². The Labute approximate surface area is 74.1 Å². The van der Waals surface area contributed by atoms with Crippen LogP contribution in [0.3, 0.4) is 0 Å². The summed E-state index contributed by atoms with van der Waals surface area (Å²) in [5.41, 5.74) is -0.161. The molecule has 0 radical (unpaired) electrons. The van der Waals surface area contributed by atoms with Crippen LogP contribution in [0, 0.1) is 10.1 Å². The summed E-state index contributed by atoms with van der Waals surface area (Å²) in [6.07, 6.45) is 1.82. The average Bonchev–Trinajstić information content (AvgIpc) is 2.62. The molecule has 2 heterocycles. The number of aromatic amines is 1. The van der Waals surface area contributed by atoms with Gasteiger partial charge in [0.25, 0.3) is 0 Å². The molecule has 0 bridgehead atoms. The van der Waals surface area contributed by atoms with E-state index in [0.717, 1.165) is 0 Å². The quantitative estimate of drug-likeness (QED) is 0.423. The summed E-state index contributed by atoms with van der Waals surface area (Å²) in [4.78, 5) is 16.3. The summed E-state index contributed by atoms with van der Waals surface area (Å²) in [6.45, 7) is 2.64. The Morgan fingerprint density at radius 1 is 1.92 bits per heavy atom. The minimum absolute atomic E-state index is 0.0701. The number of nitro groups is 1. The fraction of sp³-hybridized carbons (Fsp3) is 0.571. The zero-order chi connectivity index (χ0) is 9.47. The Morgan fingerprint density at radius 3 is 3.08 bits per heavy atom. The highest BCUT2D eigenvalue weighted by Gasteiger charge is 2.41. The van der Waals surface area contributed by atoms with Gasteiger partial charge in [0.15, 0.2) is 5.82 Å². The minimum atomic E-state index is -0.493. The molecule has 0 aliphatic carbocycles. The summed E-state index contributed by atoms with van der Waals surface area (Å²) in [5.74, 6) is 0.533. The molecule has 70 valence electrons. The van der Waals surface area contributed by atoms with Crippen LogP contribution in [0.5, 0.6) is 0 Å². The lowest BCUT2D eigenvalue weighted by Crippen LogP contribution is -2.09. The molecule has 0 unspecified atom stereocenters. The van der Waals surface area contributed by atoms with Gasteiger partial charge in [-0.05, 0) is 11.8 Å². The average molecular weight is 183 g/mol. The number of rotatable bonds is 3. The summed E-state index contributed by atoms with van der Waals surface area (Å²) in [5, 5.41) is 10.3. The molecule has 0 aromatic carbocycles. The topological polar surface area (TPSA) is 84.3 Å². The van der Waals surface area contributed by atoms with Gasteiger partial charge >= 0.3 is 5.82 Å². The van der Waals surface area contributed by atoms with Gasteiger partial charge in [0, 0.05) is 0 Å². The summed E-state index contributed by atoms with van der Waals surface area (Å²) < 4.78 is 5.14. The largest absolute Gasteiger partial charge is 0.369 e. The van der Waals surface area contributed by atoms with Gasteiger partial charge in [-0.1, -0.05) is 0 Å². The molecule has 1 aliphatic heterocycles. The molecule has 0 saturated carbocycles. The first-order valence-corrected chi connectivity index (χ1v) is 3.91. The smallest absolute Gasteiger partial charge is 0.340 e. The van der Waals surface area contributed by atoms with Gasteiger partial charge in [-0.3, -0.25) is 0 Å². The molecule has 0 spiro atoms. The molecule has 6 heteroatoms. The van der Waals surface area contributed by atoms with Crippen LogP contribution >= 0.6 is 0 Å². The Morgan fingerprint density at radius 2 is 2.62 bits per heavy atom. The predicted octanol–water partition coefficient (Wildman–Crippen LogP) is 0.649. The maximum atomic E-state index is 10.3. The molecular weight excluding hydrogens is 174 g/mol. The van der Waals surface area contributed by atoms with E-state index in [1.165, 1.54) is 6.20 Å². The van der Waals surface area contributed by atoms with Crippen molar-refractivity contribution in [2.24, 2.45) is 0 Å². The molecule has 1 atom stereocenters. The highest BCUT2D eigenvalue weighted by Crippen LogP contribution is 2.29. The molecule has 1 aromatic heterocycles. The number of epoxide rings is 1. The lowest BCUT2D eigenvalue weighted by atomic mass is 10.1. The van der Waals surface area contributed by atoms with Crippen LogP contribution in [-0.2, 0) is 11.2 Å². The first-order valence-electron chi connectivity index (χ1n) is 3.91.